The maximum Gasteiger partial charge on any atom is 0.269 e. The topological polar surface area (TPSA) is 53.2 Å². The summed E-state index contributed by atoms with van der Waals surface area (Å²) in [4.78, 5) is 10.5. The first-order chi connectivity index (χ1) is 32.6. The number of hydrogen-bond acceptors (Lipinski definition) is 3. The van der Waals surface area contributed by atoms with Crippen molar-refractivity contribution in [2.45, 2.75) is 78.6 Å². The lowest BCUT2D eigenvalue weighted by molar-refractivity contribution is -0.574. The van der Waals surface area contributed by atoms with Crippen LogP contribution in [-0.4, -0.2) is 23.5 Å². The molecule has 334 valence electrons. The SMILES string of the molecule is CC(C)(C)c1ccnc(-n2c3ccccc3c3ccc(Oc4cccc(-n5[c-][n+](-c6c(C(C)(C)C)cccc6C(C)(C)C)c6ccc7c(nc8c9ccccc9c9ccccc9n78)c65)c4)cc32)c1. The van der Waals surface area contributed by atoms with E-state index in [4.69, 9.17) is 14.7 Å². The lowest BCUT2D eigenvalue weighted by Crippen LogP contribution is -2.37. The number of para-hydroxylation sites is 3. The van der Waals surface area contributed by atoms with Crippen molar-refractivity contribution < 1.29 is 9.30 Å². The fraction of sp³-hybridized carbons (Fsp3) is 0.197. The zero-order chi connectivity index (χ0) is 46.9. The van der Waals surface area contributed by atoms with E-state index in [1.54, 1.807) is 0 Å². The van der Waals surface area contributed by atoms with E-state index in [1.165, 1.54) is 32.8 Å². The second-order valence-corrected chi connectivity index (χ2v) is 21.4. The van der Waals surface area contributed by atoms with Crippen LogP contribution in [0.5, 0.6) is 11.5 Å². The summed E-state index contributed by atoms with van der Waals surface area (Å²) in [7, 11) is 0. The number of fused-ring (bicyclic) bond motifs is 13. The van der Waals surface area contributed by atoms with E-state index in [2.05, 4.69) is 238 Å². The van der Waals surface area contributed by atoms with Gasteiger partial charge in [0.1, 0.15) is 28.5 Å². The predicted molar refractivity (Wildman–Crippen MR) is 280 cm³/mol. The minimum atomic E-state index is -0.150. The van der Waals surface area contributed by atoms with Crippen molar-refractivity contribution in [1.29, 1.82) is 0 Å². The molecule has 0 saturated heterocycles. The molecule has 0 atom stereocenters. The number of benzene rings is 7. The lowest BCUT2D eigenvalue weighted by atomic mass is 9.78. The van der Waals surface area contributed by atoms with Gasteiger partial charge in [0, 0.05) is 33.8 Å². The Bertz CT molecular complexity index is 3980. The number of hydrogen-bond donors (Lipinski definition) is 0. The van der Waals surface area contributed by atoms with Gasteiger partial charge in [-0.05, 0) is 99.0 Å². The zero-order valence-corrected chi connectivity index (χ0v) is 40.2. The third-order valence-electron chi connectivity index (χ3n) is 13.7. The van der Waals surface area contributed by atoms with E-state index in [9.17, 15) is 0 Å². The Kier molecular flexibility index (Phi) is 9.10. The summed E-state index contributed by atoms with van der Waals surface area (Å²) >= 11 is 0. The maximum atomic E-state index is 6.89. The number of pyridine rings is 2. The Labute approximate surface area is 396 Å². The smallest absolute Gasteiger partial charge is 0.269 e. The van der Waals surface area contributed by atoms with Crippen molar-refractivity contribution in [2.24, 2.45) is 0 Å². The molecular formula is C61H54N6O. The second kappa shape index (κ2) is 14.9. The van der Waals surface area contributed by atoms with Crippen LogP contribution in [-0.2, 0) is 16.2 Å². The van der Waals surface area contributed by atoms with E-state index in [0.29, 0.717) is 5.75 Å². The molecule has 7 heteroatoms. The highest BCUT2D eigenvalue weighted by Gasteiger charge is 2.30. The van der Waals surface area contributed by atoms with E-state index < -0.39 is 0 Å². The number of nitrogens with zero attached hydrogens (tertiary/aromatic N) is 6. The van der Waals surface area contributed by atoms with Gasteiger partial charge in [0.05, 0.1) is 44.5 Å². The van der Waals surface area contributed by atoms with Crippen LogP contribution < -0.4 is 9.30 Å². The Balaban J connectivity index is 1.08. The van der Waals surface area contributed by atoms with E-state index in [-0.39, 0.29) is 16.2 Å². The van der Waals surface area contributed by atoms with Gasteiger partial charge in [0.2, 0.25) is 0 Å². The molecule has 0 unspecified atom stereocenters. The third-order valence-corrected chi connectivity index (χ3v) is 13.7. The molecule has 0 bridgehead atoms. The Morgan fingerprint density at radius 3 is 1.87 bits per heavy atom. The molecule has 0 aliphatic heterocycles. The van der Waals surface area contributed by atoms with Crippen molar-refractivity contribution in [3.8, 4) is 28.7 Å². The van der Waals surface area contributed by atoms with Crippen LogP contribution in [0.3, 0.4) is 0 Å². The predicted octanol–water partition coefficient (Wildman–Crippen LogP) is 15.0. The molecular weight excluding hydrogens is 833 g/mol. The molecule has 0 N–H and O–H groups in total. The van der Waals surface area contributed by atoms with E-state index in [1.807, 2.05) is 12.3 Å². The van der Waals surface area contributed by atoms with E-state index in [0.717, 1.165) is 78.0 Å². The van der Waals surface area contributed by atoms with Crippen molar-refractivity contribution in [2.75, 3.05) is 0 Å². The highest BCUT2D eigenvalue weighted by atomic mass is 16.5. The summed E-state index contributed by atoms with van der Waals surface area (Å²) in [6.07, 6.45) is 5.87. The number of ether oxygens (including phenoxy) is 1. The molecule has 68 heavy (non-hydrogen) atoms. The molecule has 7 aromatic carbocycles. The minimum Gasteiger partial charge on any atom is -0.458 e. The summed E-state index contributed by atoms with van der Waals surface area (Å²) in [6, 6.07) is 56.2. The standard InChI is InChI=1S/C61H54N6O/c1-59(2,3)38-32-33-62-54(34-38)66-49-26-14-13-22-44(49)45-29-28-41(36-53(45)66)68-40-19-16-18-39(35-40)64-37-65(56-47(60(4,5)6)24-17-25-48(56)61(7,8)9)52-31-30-51-55(57(52)64)63-58-46-23-11-10-20-42(46)43-21-12-15-27-50(43)67(51)58/h10-36H,1-9H3. The monoisotopic (exact) mass is 886 g/mol. The van der Waals surface area contributed by atoms with Gasteiger partial charge in [-0.25, -0.2) is 9.97 Å². The molecule has 12 rings (SSSR count). The summed E-state index contributed by atoms with van der Waals surface area (Å²) < 4.78 is 16.0. The maximum absolute atomic E-state index is 6.89. The number of rotatable bonds is 5. The second-order valence-electron chi connectivity index (χ2n) is 21.4. The van der Waals surface area contributed by atoms with Crippen LogP contribution >= 0.6 is 0 Å². The molecule has 0 aliphatic carbocycles. The first-order valence-electron chi connectivity index (χ1n) is 23.7. The molecule has 0 radical (unpaired) electrons. The summed E-state index contributed by atoms with van der Waals surface area (Å²) in [5.41, 5.74) is 13.6. The van der Waals surface area contributed by atoms with Gasteiger partial charge in [-0.15, -0.1) is 0 Å². The lowest BCUT2D eigenvalue weighted by Gasteiger charge is -2.30. The van der Waals surface area contributed by atoms with Gasteiger partial charge in [0.15, 0.2) is 0 Å². The summed E-state index contributed by atoms with van der Waals surface area (Å²) in [5.74, 6) is 2.33. The number of aromatic nitrogens is 6. The van der Waals surface area contributed by atoms with E-state index >= 15 is 0 Å². The molecule has 0 amide bonds. The van der Waals surface area contributed by atoms with Crippen molar-refractivity contribution in [3.05, 3.63) is 187 Å². The molecule has 5 heterocycles. The average Bonchev–Trinajstić information content (AvgIpc) is 4.01. The van der Waals surface area contributed by atoms with Gasteiger partial charge in [-0.1, -0.05) is 153 Å². The van der Waals surface area contributed by atoms with Gasteiger partial charge in [-0.3, -0.25) is 18.1 Å². The quantitative estimate of drug-likeness (QED) is 0.0983. The summed E-state index contributed by atoms with van der Waals surface area (Å²) in [5, 5.41) is 5.81. The Morgan fingerprint density at radius 2 is 1.15 bits per heavy atom. The molecule has 0 fully saturated rings. The van der Waals surface area contributed by atoms with Gasteiger partial charge >= 0.3 is 0 Å². The zero-order valence-electron chi connectivity index (χ0n) is 40.2. The van der Waals surface area contributed by atoms with Gasteiger partial charge in [0.25, 0.3) is 6.33 Å². The van der Waals surface area contributed by atoms with Gasteiger partial charge < -0.3 is 4.74 Å². The molecule has 0 saturated carbocycles. The van der Waals surface area contributed by atoms with Crippen LogP contribution in [0, 0.1) is 6.33 Å². The van der Waals surface area contributed by atoms with Crippen molar-refractivity contribution in [3.63, 3.8) is 0 Å². The average molecular weight is 887 g/mol. The molecule has 0 spiro atoms. The molecule has 0 aliphatic rings. The number of imidazole rings is 2. The Hall–Kier alpha value is -7.77. The highest BCUT2D eigenvalue weighted by Crippen LogP contribution is 2.40. The van der Waals surface area contributed by atoms with Crippen LogP contribution in [0.1, 0.15) is 79.0 Å². The van der Waals surface area contributed by atoms with Crippen LogP contribution in [0.15, 0.2) is 164 Å². The first kappa shape index (κ1) is 41.6. The van der Waals surface area contributed by atoms with Gasteiger partial charge in [-0.2, -0.15) is 0 Å². The third kappa shape index (κ3) is 6.50. The van der Waals surface area contributed by atoms with Crippen molar-refractivity contribution >= 4 is 71.2 Å². The fourth-order valence-corrected chi connectivity index (χ4v) is 10.4. The molecule has 12 aromatic rings. The summed E-state index contributed by atoms with van der Waals surface area (Å²) in [6.45, 7) is 20.5. The van der Waals surface area contributed by atoms with Crippen LogP contribution in [0.25, 0.3) is 88.4 Å². The largest absolute Gasteiger partial charge is 0.458 e. The highest BCUT2D eigenvalue weighted by molar-refractivity contribution is 6.15. The molecule has 7 nitrogen and oxygen atoms in total. The Morgan fingerprint density at radius 1 is 0.515 bits per heavy atom. The van der Waals surface area contributed by atoms with Crippen LogP contribution in [0.2, 0.25) is 0 Å². The first-order valence-corrected chi connectivity index (χ1v) is 23.7. The normalized spacial score (nSPS) is 12.8. The van der Waals surface area contributed by atoms with Crippen LogP contribution in [0.4, 0.5) is 0 Å². The van der Waals surface area contributed by atoms with Crippen molar-refractivity contribution in [1.82, 2.24) is 23.5 Å². The fourth-order valence-electron chi connectivity index (χ4n) is 10.4. The minimum absolute atomic E-state index is 0.0257. The molecule has 5 aromatic heterocycles.